The number of carbonyl (C=O) groups is 2. The van der Waals surface area contributed by atoms with Gasteiger partial charge in [0.2, 0.25) is 6.79 Å². The number of ketones is 1. The Morgan fingerprint density at radius 2 is 1.66 bits per heavy atom. The fourth-order valence-corrected chi connectivity index (χ4v) is 5.08. The number of amides is 1. The minimum atomic E-state index is -0.661. The quantitative estimate of drug-likeness (QED) is 0.395. The van der Waals surface area contributed by atoms with Gasteiger partial charge in [-0.3, -0.25) is 9.59 Å². The van der Waals surface area contributed by atoms with Crippen LogP contribution >= 0.6 is 0 Å². The number of hydrogen-bond donors (Lipinski definition) is 1. The first-order valence-corrected chi connectivity index (χ1v) is 12.3. The lowest BCUT2D eigenvalue weighted by Crippen LogP contribution is -2.37. The summed E-state index contributed by atoms with van der Waals surface area (Å²) in [6.07, 6.45) is 2.31. The molecule has 1 amide bonds. The molecule has 7 heteroatoms. The smallest absolute Gasteiger partial charge is 0.295 e. The Morgan fingerprint density at radius 3 is 2.34 bits per heavy atom. The molecule has 7 nitrogen and oxygen atoms in total. The van der Waals surface area contributed by atoms with Gasteiger partial charge >= 0.3 is 0 Å². The zero-order chi connectivity index (χ0) is 24.7. The highest BCUT2D eigenvalue weighted by Crippen LogP contribution is 2.41. The van der Waals surface area contributed by atoms with E-state index in [1.165, 1.54) is 0 Å². The SMILES string of the molecule is CC(C)(C)c1ccc(C2/C(=C(\O)c3ccc4c(c3)OCO4)C(=O)C(=O)N2CCN2CCCC2)cc1. The molecule has 3 heterocycles. The van der Waals surface area contributed by atoms with E-state index < -0.39 is 17.7 Å². The number of benzene rings is 2. The number of carbonyl (C=O) groups excluding carboxylic acids is 2. The molecule has 2 aromatic carbocycles. The lowest BCUT2D eigenvalue weighted by atomic mass is 9.85. The summed E-state index contributed by atoms with van der Waals surface area (Å²) in [5.74, 6) is -0.344. The number of nitrogens with zero attached hydrogens (tertiary/aromatic N) is 2. The minimum Gasteiger partial charge on any atom is -0.507 e. The van der Waals surface area contributed by atoms with Crippen molar-refractivity contribution in [3.63, 3.8) is 0 Å². The Morgan fingerprint density at radius 1 is 0.971 bits per heavy atom. The van der Waals surface area contributed by atoms with Crippen LogP contribution in [0.5, 0.6) is 11.5 Å². The highest BCUT2D eigenvalue weighted by molar-refractivity contribution is 6.46. The number of hydrogen-bond acceptors (Lipinski definition) is 6. The number of aliphatic hydroxyl groups is 1. The topological polar surface area (TPSA) is 79.3 Å². The van der Waals surface area contributed by atoms with Gasteiger partial charge in [0.1, 0.15) is 5.76 Å². The first-order chi connectivity index (χ1) is 16.7. The normalized spacial score (nSPS) is 21.8. The number of rotatable bonds is 5. The molecule has 2 aromatic rings. The molecule has 0 aromatic heterocycles. The molecule has 0 saturated carbocycles. The third kappa shape index (κ3) is 4.41. The van der Waals surface area contributed by atoms with Crippen LogP contribution in [0.25, 0.3) is 5.76 Å². The fraction of sp³-hybridized carbons (Fsp3) is 0.429. The molecule has 184 valence electrons. The van der Waals surface area contributed by atoms with Gasteiger partial charge in [-0.15, -0.1) is 0 Å². The van der Waals surface area contributed by atoms with E-state index in [-0.39, 0.29) is 23.5 Å². The molecule has 1 unspecified atom stereocenters. The molecule has 2 saturated heterocycles. The van der Waals surface area contributed by atoms with Crippen molar-refractivity contribution in [3.05, 3.63) is 64.7 Å². The predicted molar refractivity (Wildman–Crippen MR) is 132 cm³/mol. The van der Waals surface area contributed by atoms with E-state index in [0.717, 1.165) is 37.1 Å². The summed E-state index contributed by atoms with van der Waals surface area (Å²) in [5.41, 5.74) is 2.47. The van der Waals surface area contributed by atoms with Gasteiger partial charge in [-0.2, -0.15) is 0 Å². The van der Waals surface area contributed by atoms with Gasteiger partial charge in [0.05, 0.1) is 11.6 Å². The van der Waals surface area contributed by atoms with Crippen molar-refractivity contribution in [1.82, 2.24) is 9.80 Å². The zero-order valence-electron chi connectivity index (χ0n) is 20.5. The van der Waals surface area contributed by atoms with Crippen LogP contribution < -0.4 is 9.47 Å². The Bertz CT molecular complexity index is 1170. The van der Waals surface area contributed by atoms with E-state index in [1.807, 2.05) is 24.3 Å². The Labute approximate surface area is 205 Å². The average Bonchev–Trinajstić information content (AvgIpc) is 3.57. The van der Waals surface area contributed by atoms with Gasteiger partial charge in [-0.1, -0.05) is 45.0 Å². The lowest BCUT2D eigenvalue weighted by molar-refractivity contribution is -0.140. The van der Waals surface area contributed by atoms with Crippen LogP contribution in [0.15, 0.2) is 48.0 Å². The minimum absolute atomic E-state index is 0.0252. The van der Waals surface area contributed by atoms with Gasteiger partial charge in [0.15, 0.2) is 11.5 Å². The van der Waals surface area contributed by atoms with Crippen LogP contribution in [-0.2, 0) is 15.0 Å². The number of aliphatic hydroxyl groups excluding tert-OH is 1. The van der Waals surface area contributed by atoms with Gasteiger partial charge in [-0.05, 0) is 60.7 Å². The van der Waals surface area contributed by atoms with Crippen molar-refractivity contribution in [2.45, 2.75) is 45.1 Å². The molecule has 3 aliphatic heterocycles. The number of ether oxygens (including phenoxy) is 2. The summed E-state index contributed by atoms with van der Waals surface area (Å²) in [6.45, 7) is 9.68. The second kappa shape index (κ2) is 9.04. The predicted octanol–water partition coefficient (Wildman–Crippen LogP) is 4.23. The van der Waals surface area contributed by atoms with Crippen molar-refractivity contribution < 1.29 is 24.2 Å². The third-order valence-corrected chi connectivity index (χ3v) is 7.13. The Kier molecular flexibility index (Phi) is 6.05. The van der Waals surface area contributed by atoms with Crippen LogP contribution in [0.3, 0.4) is 0 Å². The maximum Gasteiger partial charge on any atom is 0.295 e. The van der Waals surface area contributed by atoms with Crippen LogP contribution in [-0.4, -0.2) is 59.6 Å². The third-order valence-electron chi connectivity index (χ3n) is 7.13. The van der Waals surface area contributed by atoms with Crippen molar-refractivity contribution >= 4 is 17.4 Å². The molecule has 2 fully saturated rings. The fourth-order valence-electron chi connectivity index (χ4n) is 5.08. The molecule has 0 aliphatic carbocycles. The molecule has 5 rings (SSSR count). The van der Waals surface area contributed by atoms with Gasteiger partial charge in [-0.25, -0.2) is 0 Å². The van der Waals surface area contributed by atoms with Crippen LogP contribution in [0.4, 0.5) is 0 Å². The second-order valence-corrected chi connectivity index (χ2v) is 10.5. The number of fused-ring (bicyclic) bond motifs is 1. The van der Waals surface area contributed by atoms with E-state index in [1.54, 1.807) is 23.1 Å². The summed E-state index contributed by atoms with van der Waals surface area (Å²) in [5, 5.41) is 11.3. The van der Waals surface area contributed by atoms with E-state index >= 15 is 0 Å². The van der Waals surface area contributed by atoms with Crippen LogP contribution in [0, 0.1) is 0 Å². The van der Waals surface area contributed by atoms with Crippen molar-refractivity contribution in [2.75, 3.05) is 33.0 Å². The second-order valence-electron chi connectivity index (χ2n) is 10.5. The largest absolute Gasteiger partial charge is 0.507 e. The van der Waals surface area contributed by atoms with E-state index in [9.17, 15) is 14.7 Å². The van der Waals surface area contributed by atoms with Crippen molar-refractivity contribution in [1.29, 1.82) is 0 Å². The monoisotopic (exact) mass is 476 g/mol. The molecule has 35 heavy (non-hydrogen) atoms. The summed E-state index contributed by atoms with van der Waals surface area (Å²) in [7, 11) is 0. The summed E-state index contributed by atoms with van der Waals surface area (Å²) >= 11 is 0. The highest BCUT2D eigenvalue weighted by atomic mass is 16.7. The summed E-state index contributed by atoms with van der Waals surface area (Å²) in [6, 6.07) is 12.4. The standard InChI is InChI=1S/C28H32N2O5/c1-28(2,3)20-9-6-18(7-10-20)24-23(25(31)19-8-11-21-22(16-19)35-17-34-21)26(32)27(33)30(24)15-14-29-12-4-5-13-29/h6-11,16,24,31H,4-5,12-15,17H2,1-3H3/b25-23+. The van der Waals surface area contributed by atoms with Crippen LogP contribution in [0.2, 0.25) is 0 Å². The summed E-state index contributed by atoms with van der Waals surface area (Å²) < 4.78 is 10.8. The maximum atomic E-state index is 13.3. The molecule has 1 atom stereocenters. The van der Waals surface area contributed by atoms with Gasteiger partial charge in [0.25, 0.3) is 11.7 Å². The van der Waals surface area contributed by atoms with Gasteiger partial charge < -0.3 is 24.4 Å². The molecular formula is C28H32N2O5. The molecule has 0 bridgehead atoms. The van der Waals surface area contributed by atoms with Gasteiger partial charge in [0, 0.05) is 18.7 Å². The first-order valence-electron chi connectivity index (χ1n) is 12.3. The first kappa shape index (κ1) is 23.4. The van der Waals surface area contributed by atoms with E-state index in [2.05, 4.69) is 25.7 Å². The highest BCUT2D eigenvalue weighted by Gasteiger charge is 2.46. The van der Waals surface area contributed by atoms with Crippen molar-refractivity contribution in [3.8, 4) is 11.5 Å². The molecule has 3 aliphatic rings. The molecular weight excluding hydrogens is 444 g/mol. The lowest BCUT2D eigenvalue weighted by Gasteiger charge is -2.28. The maximum absolute atomic E-state index is 13.3. The van der Waals surface area contributed by atoms with Crippen molar-refractivity contribution in [2.24, 2.45) is 0 Å². The molecule has 0 spiro atoms. The Hall–Kier alpha value is -3.32. The molecule has 0 radical (unpaired) electrons. The zero-order valence-corrected chi connectivity index (χ0v) is 20.5. The Balaban J connectivity index is 1.56. The molecule has 1 N–H and O–H groups in total. The number of Topliss-reactive ketones (excluding diaryl/α,β-unsaturated/α-hetero) is 1. The van der Waals surface area contributed by atoms with E-state index in [0.29, 0.717) is 30.2 Å². The van der Waals surface area contributed by atoms with Crippen LogP contribution in [0.1, 0.15) is 56.3 Å². The summed E-state index contributed by atoms with van der Waals surface area (Å²) in [4.78, 5) is 30.4. The number of likely N-dealkylation sites (tertiary alicyclic amines) is 2. The average molecular weight is 477 g/mol. The van der Waals surface area contributed by atoms with E-state index in [4.69, 9.17) is 9.47 Å².